The fourth-order valence-corrected chi connectivity index (χ4v) is 1.45. The number of carbonyl (C=O) groups is 1. The number of rotatable bonds is 7. The van der Waals surface area contributed by atoms with E-state index in [9.17, 15) is 4.79 Å². The van der Waals surface area contributed by atoms with Crippen LogP contribution in [-0.4, -0.2) is 16.1 Å². The zero-order valence-corrected chi connectivity index (χ0v) is 10.8. The fourth-order valence-electron chi connectivity index (χ4n) is 1.21. The minimum absolute atomic E-state index is 0.246. The number of hydrogen-bond donors (Lipinski definition) is 0. The molecule has 0 aliphatic carbocycles. The van der Waals surface area contributed by atoms with Crippen LogP contribution < -0.4 is 0 Å². The molecule has 0 unspecified atom stereocenters. The summed E-state index contributed by atoms with van der Waals surface area (Å²) in [5, 5.41) is 0. The van der Waals surface area contributed by atoms with Crippen LogP contribution in [0.15, 0.2) is 0 Å². The Kier molecular flexibility index (Phi) is 8.92. The summed E-state index contributed by atoms with van der Waals surface area (Å²) in [6, 6.07) is 0. The lowest BCUT2D eigenvalue weighted by molar-refractivity contribution is -0.124. The molecular formula is C10H20INO. The normalized spacial score (nSPS) is 10.1. The van der Waals surface area contributed by atoms with E-state index >= 15 is 0 Å². The molecule has 0 fully saturated rings. The molecule has 3 heteroatoms. The van der Waals surface area contributed by atoms with Gasteiger partial charge in [0.15, 0.2) is 0 Å². The predicted octanol–water partition coefficient (Wildman–Crippen LogP) is 3.55. The lowest BCUT2D eigenvalue weighted by Crippen LogP contribution is -2.14. The van der Waals surface area contributed by atoms with Gasteiger partial charge in [-0.15, -0.1) is 0 Å². The highest BCUT2D eigenvalue weighted by Crippen LogP contribution is 2.08. The highest BCUT2D eigenvalue weighted by atomic mass is 127. The average Bonchev–Trinajstić information content (AvgIpc) is 2.10. The van der Waals surface area contributed by atoms with Crippen LogP contribution in [0.25, 0.3) is 0 Å². The van der Waals surface area contributed by atoms with Gasteiger partial charge in [0.05, 0.1) is 22.9 Å². The van der Waals surface area contributed by atoms with E-state index < -0.39 is 0 Å². The number of halogens is 1. The van der Waals surface area contributed by atoms with Crippen LogP contribution >= 0.6 is 22.9 Å². The van der Waals surface area contributed by atoms with Gasteiger partial charge in [0.1, 0.15) is 0 Å². The largest absolute Gasteiger partial charge is 0.288 e. The molecule has 78 valence electrons. The van der Waals surface area contributed by atoms with E-state index in [4.69, 9.17) is 0 Å². The maximum Gasteiger partial charge on any atom is 0.230 e. The number of carbonyl (C=O) groups excluding carboxylic acids is 1. The summed E-state index contributed by atoms with van der Waals surface area (Å²) in [7, 11) is 1.81. The van der Waals surface area contributed by atoms with Crippen LogP contribution in [0.5, 0.6) is 0 Å². The molecule has 0 saturated heterocycles. The van der Waals surface area contributed by atoms with Crippen LogP contribution in [0.4, 0.5) is 0 Å². The molecule has 0 heterocycles. The molecule has 2 nitrogen and oxygen atoms in total. The van der Waals surface area contributed by atoms with Gasteiger partial charge >= 0.3 is 0 Å². The molecule has 0 bridgehead atoms. The molecule has 0 saturated carbocycles. The second-order valence-corrected chi connectivity index (χ2v) is 4.84. The Hall–Kier alpha value is 0.200. The average molecular weight is 297 g/mol. The van der Waals surface area contributed by atoms with Gasteiger partial charge in [-0.25, -0.2) is 0 Å². The van der Waals surface area contributed by atoms with Crippen molar-refractivity contribution in [3.8, 4) is 0 Å². The Balaban J connectivity index is 3.12. The van der Waals surface area contributed by atoms with Crippen LogP contribution in [0.1, 0.15) is 51.9 Å². The highest BCUT2D eigenvalue weighted by Gasteiger charge is 2.03. The topological polar surface area (TPSA) is 20.3 Å². The van der Waals surface area contributed by atoms with Crippen molar-refractivity contribution >= 4 is 28.8 Å². The lowest BCUT2D eigenvalue weighted by atomic mass is 10.1. The van der Waals surface area contributed by atoms with Crippen LogP contribution in [-0.2, 0) is 4.79 Å². The minimum Gasteiger partial charge on any atom is -0.288 e. The molecular weight excluding hydrogens is 277 g/mol. The third-order valence-electron chi connectivity index (χ3n) is 2.09. The van der Waals surface area contributed by atoms with E-state index in [2.05, 4.69) is 6.92 Å². The molecule has 0 spiro atoms. The standard InChI is InChI=1S/C10H20INO/c1-3-4-5-6-7-8-9-10(13)12(2)11/h3-9H2,1-2H3. The molecule has 0 radical (unpaired) electrons. The van der Waals surface area contributed by atoms with Gasteiger partial charge < -0.3 is 0 Å². The molecule has 0 aromatic carbocycles. The van der Waals surface area contributed by atoms with Crippen molar-refractivity contribution in [2.75, 3.05) is 7.05 Å². The number of amides is 1. The number of unbranched alkanes of at least 4 members (excludes halogenated alkanes) is 5. The van der Waals surface area contributed by atoms with E-state index in [1.54, 1.807) is 10.2 Å². The SMILES string of the molecule is CCCCCCCCC(=O)N(C)I. The van der Waals surface area contributed by atoms with E-state index in [1.807, 2.05) is 22.9 Å². The van der Waals surface area contributed by atoms with Gasteiger partial charge in [0.25, 0.3) is 0 Å². The Bertz CT molecular complexity index is 137. The van der Waals surface area contributed by atoms with Gasteiger partial charge in [0, 0.05) is 13.5 Å². The molecule has 0 aromatic rings. The summed E-state index contributed by atoms with van der Waals surface area (Å²) >= 11 is 2.03. The first kappa shape index (κ1) is 13.2. The zero-order chi connectivity index (χ0) is 10.1. The Morgan fingerprint density at radius 1 is 1.15 bits per heavy atom. The fraction of sp³-hybridized carbons (Fsp3) is 0.900. The third-order valence-corrected chi connectivity index (χ3v) is 2.63. The minimum atomic E-state index is 0.246. The molecule has 0 aliphatic heterocycles. The Labute approximate surface area is 95.6 Å². The number of nitrogens with zero attached hydrogens (tertiary/aromatic N) is 1. The summed E-state index contributed by atoms with van der Waals surface area (Å²) in [6.07, 6.45) is 8.20. The van der Waals surface area contributed by atoms with E-state index in [-0.39, 0.29) is 5.91 Å². The summed E-state index contributed by atoms with van der Waals surface area (Å²) in [4.78, 5) is 11.2. The first-order chi connectivity index (χ1) is 6.18. The molecule has 1 amide bonds. The van der Waals surface area contributed by atoms with Gasteiger partial charge in [0.2, 0.25) is 5.91 Å². The van der Waals surface area contributed by atoms with Crippen molar-refractivity contribution in [3.05, 3.63) is 0 Å². The Morgan fingerprint density at radius 2 is 1.69 bits per heavy atom. The number of hydrogen-bond acceptors (Lipinski definition) is 1. The van der Waals surface area contributed by atoms with Crippen molar-refractivity contribution in [3.63, 3.8) is 0 Å². The van der Waals surface area contributed by atoms with Gasteiger partial charge in [-0.1, -0.05) is 39.0 Å². The van der Waals surface area contributed by atoms with Crippen LogP contribution in [0.3, 0.4) is 0 Å². The molecule has 0 atom stereocenters. The second kappa shape index (κ2) is 8.78. The van der Waals surface area contributed by atoms with E-state index in [0.717, 1.165) is 6.42 Å². The summed E-state index contributed by atoms with van der Waals surface area (Å²) in [6.45, 7) is 2.22. The van der Waals surface area contributed by atoms with Crippen molar-refractivity contribution in [2.45, 2.75) is 51.9 Å². The van der Waals surface area contributed by atoms with Crippen LogP contribution in [0.2, 0.25) is 0 Å². The molecule has 0 aromatic heterocycles. The maximum absolute atomic E-state index is 11.2. The summed E-state index contributed by atoms with van der Waals surface area (Å²) in [5.74, 6) is 0.246. The molecule has 13 heavy (non-hydrogen) atoms. The summed E-state index contributed by atoms with van der Waals surface area (Å²) < 4.78 is 1.64. The van der Waals surface area contributed by atoms with Crippen molar-refractivity contribution in [2.24, 2.45) is 0 Å². The second-order valence-electron chi connectivity index (χ2n) is 3.39. The van der Waals surface area contributed by atoms with Crippen LogP contribution in [0, 0.1) is 0 Å². The highest BCUT2D eigenvalue weighted by molar-refractivity contribution is 14.1. The van der Waals surface area contributed by atoms with Gasteiger partial charge in [-0.3, -0.25) is 7.91 Å². The van der Waals surface area contributed by atoms with Crippen molar-refractivity contribution in [1.29, 1.82) is 0 Å². The predicted molar refractivity (Wildman–Crippen MR) is 64.8 cm³/mol. The molecule has 0 N–H and O–H groups in total. The van der Waals surface area contributed by atoms with E-state index in [0.29, 0.717) is 6.42 Å². The lowest BCUT2D eigenvalue weighted by Gasteiger charge is -2.06. The first-order valence-electron chi connectivity index (χ1n) is 5.10. The molecule has 0 rings (SSSR count). The quantitative estimate of drug-likeness (QED) is 0.400. The van der Waals surface area contributed by atoms with Gasteiger partial charge in [-0.2, -0.15) is 0 Å². The summed E-state index contributed by atoms with van der Waals surface area (Å²) in [5.41, 5.74) is 0. The van der Waals surface area contributed by atoms with Gasteiger partial charge in [-0.05, 0) is 6.42 Å². The van der Waals surface area contributed by atoms with Crippen molar-refractivity contribution in [1.82, 2.24) is 3.11 Å². The molecule has 0 aliphatic rings. The van der Waals surface area contributed by atoms with E-state index in [1.165, 1.54) is 32.1 Å². The Morgan fingerprint density at radius 3 is 2.23 bits per heavy atom. The maximum atomic E-state index is 11.2. The zero-order valence-electron chi connectivity index (χ0n) is 8.68. The first-order valence-corrected chi connectivity index (χ1v) is 6.07. The smallest absolute Gasteiger partial charge is 0.230 e. The third kappa shape index (κ3) is 8.53. The monoisotopic (exact) mass is 297 g/mol. The van der Waals surface area contributed by atoms with Crippen molar-refractivity contribution < 1.29 is 4.79 Å².